The molecule has 0 aliphatic rings. The van der Waals surface area contributed by atoms with Crippen molar-refractivity contribution in [3.05, 3.63) is 12.2 Å². The van der Waals surface area contributed by atoms with Crippen LogP contribution in [-0.2, 0) is 4.79 Å². The molecule has 1 N–H and O–H groups in total. The van der Waals surface area contributed by atoms with Crippen LogP contribution in [0.5, 0.6) is 0 Å². The van der Waals surface area contributed by atoms with Crippen LogP contribution >= 0.6 is 0 Å². The summed E-state index contributed by atoms with van der Waals surface area (Å²) in [6.07, 6.45) is 7.05. The summed E-state index contributed by atoms with van der Waals surface area (Å²) >= 11 is 0. The van der Waals surface area contributed by atoms with Gasteiger partial charge in [0.05, 0.1) is 6.10 Å². The molecule has 0 fully saturated rings. The molecule has 0 heterocycles. The van der Waals surface area contributed by atoms with Gasteiger partial charge in [0.15, 0.2) is 0 Å². The fraction of sp³-hybridized carbons (Fsp3) is 0.533. The van der Waals surface area contributed by atoms with E-state index >= 15 is 0 Å². The van der Waals surface area contributed by atoms with Crippen LogP contribution in [0.4, 0.5) is 0 Å². The van der Waals surface area contributed by atoms with Gasteiger partial charge in [-0.2, -0.15) is 0 Å². The van der Waals surface area contributed by atoms with E-state index in [9.17, 15) is 9.90 Å². The minimum absolute atomic E-state index is 0.234. The molecular formula is C15H20O2. The number of Topliss-reactive ketones (excluding diaryl/α,β-unsaturated/α-hetero) is 1. The molecule has 0 aromatic rings. The highest BCUT2D eigenvalue weighted by Crippen LogP contribution is 2.06. The Morgan fingerprint density at radius 3 is 2.71 bits per heavy atom. The SMILES string of the molecule is CC#CC#C/C=C/C(O)CCCCCC(C)=O. The Labute approximate surface area is 104 Å². The number of hydrogen-bond donors (Lipinski definition) is 1. The Kier molecular flexibility index (Phi) is 10.0. The second-order valence-electron chi connectivity index (χ2n) is 3.87. The smallest absolute Gasteiger partial charge is 0.129 e. The number of carbonyl (C=O) groups excluding carboxylic acids is 1. The predicted molar refractivity (Wildman–Crippen MR) is 70.1 cm³/mol. The van der Waals surface area contributed by atoms with Crippen LogP contribution in [0.1, 0.15) is 46.0 Å². The molecule has 92 valence electrons. The largest absolute Gasteiger partial charge is 0.389 e. The van der Waals surface area contributed by atoms with Crippen molar-refractivity contribution in [1.82, 2.24) is 0 Å². The summed E-state index contributed by atoms with van der Waals surface area (Å²) in [5.74, 6) is 10.9. The number of allylic oxidation sites excluding steroid dienone is 1. The van der Waals surface area contributed by atoms with Crippen LogP contribution in [0.2, 0.25) is 0 Å². The molecule has 0 aromatic carbocycles. The first kappa shape index (κ1) is 15.5. The lowest BCUT2D eigenvalue weighted by Crippen LogP contribution is -2.01. The van der Waals surface area contributed by atoms with E-state index in [0.29, 0.717) is 6.42 Å². The first-order chi connectivity index (χ1) is 8.16. The number of aliphatic hydroxyl groups is 1. The predicted octanol–water partition coefficient (Wildman–Crippen LogP) is 2.47. The van der Waals surface area contributed by atoms with E-state index < -0.39 is 6.10 Å². The van der Waals surface area contributed by atoms with Gasteiger partial charge in [-0.05, 0) is 50.7 Å². The summed E-state index contributed by atoms with van der Waals surface area (Å²) in [5, 5.41) is 9.56. The quantitative estimate of drug-likeness (QED) is 0.541. The number of rotatable bonds is 7. The van der Waals surface area contributed by atoms with Gasteiger partial charge in [0.1, 0.15) is 5.78 Å². The summed E-state index contributed by atoms with van der Waals surface area (Å²) in [4.78, 5) is 10.7. The van der Waals surface area contributed by atoms with Crippen molar-refractivity contribution in [3.63, 3.8) is 0 Å². The summed E-state index contributed by atoms with van der Waals surface area (Å²) in [5.41, 5.74) is 0. The minimum Gasteiger partial charge on any atom is -0.389 e. The monoisotopic (exact) mass is 232 g/mol. The van der Waals surface area contributed by atoms with Crippen LogP contribution in [0.15, 0.2) is 12.2 Å². The van der Waals surface area contributed by atoms with Crippen molar-refractivity contribution in [2.24, 2.45) is 0 Å². The van der Waals surface area contributed by atoms with Crippen molar-refractivity contribution in [2.45, 2.75) is 52.1 Å². The molecule has 0 radical (unpaired) electrons. The highest BCUT2D eigenvalue weighted by atomic mass is 16.3. The Bertz CT molecular complexity index is 358. The van der Waals surface area contributed by atoms with Crippen molar-refractivity contribution < 1.29 is 9.90 Å². The fourth-order valence-electron chi connectivity index (χ4n) is 1.30. The molecule has 17 heavy (non-hydrogen) atoms. The van der Waals surface area contributed by atoms with Gasteiger partial charge in [-0.15, -0.1) is 0 Å². The summed E-state index contributed by atoms with van der Waals surface area (Å²) in [6, 6.07) is 0. The standard InChI is InChI=1S/C15H20O2/c1-3-4-5-6-9-12-15(17)13-10-7-8-11-14(2)16/h9,12,15,17H,7-8,10-11,13H2,1-2H3/b12-9+. The molecule has 0 bridgehead atoms. The zero-order chi connectivity index (χ0) is 12.9. The number of unbranched alkanes of at least 4 members (excludes halogenated alkanes) is 2. The maximum Gasteiger partial charge on any atom is 0.129 e. The summed E-state index contributed by atoms with van der Waals surface area (Å²) in [7, 11) is 0. The van der Waals surface area contributed by atoms with E-state index in [1.165, 1.54) is 0 Å². The van der Waals surface area contributed by atoms with Gasteiger partial charge in [0.25, 0.3) is 0 Å². The first-order valence-electron chi connectivity index (χ1n) is 5.93. The molecule has 0 saturated carbocycles. The van der Waals surface area contributed by atoms with Gasteiger partial charge in [-0.3, -0.25) is 0 Å². The lowest BCUT2D eigenvalue weighted by Gasteiger charge is -2.03. The van der Waals surface area contributed by atoms with Crippen LogP contribution < -0.4 is 0 Å². The van der Waals surface area contributed by atoms with Gasteiger partial charge in [0.2, 0.25) is 0 Å². The maximum atomic E-state index is 10.7. The number of ketones is 1. The molecule has 1 unspecified atom stereocenters. The molecule has 2 heteroatoms. The second-order valence-corrected chi connectivity index (χ2v) is 3.87. The first-order valence-corrected chi connectivity index (χ1v) is 5.93. The summed E-state index contributed by atoms with van der Waals surface area (Å²) in [6.45, 7) is 3.34. The van der Waals surface area contributed by atoms with Crippen molar-refractivity contribution in [3.8, 4) is 23.7 Å². The number of aliphatic hydroxyl groups excluding tert-OH is 1. The molecular weight excluding hydrogens is 212 g/mol. The van der Waals surface area contributed by atoms with Gasteiger partial charge in [0, 0.05) is 6.42 Å². The zero-order valence-electron chi connectivity index (χ0n) is 10.6. The third-order valence-corrected chi connectivity index (χ3v) is 2.19. The van der Waals surface area contributed by atoms with E-state index in [-0.39, 0.29) is 5.78 Å². The van der Waals surface area contributed by atoms with Crippen LogP contribution in [-0.4, -0.2) is 17.0 Å². The van der Waals surface area contributed by atoms with E-state index in [1.807, 2.05) is 0 Å². The number of hydrogen-bond acceptors (Lipinski definition) is 2. The summed E-state index contributed by atoms with van der Waals surface area (Å²) < 4.78 is 0. The lowest BCUT2D eigenvalue weighted by molar-refractivity contribution is -0.117. The van der Waals surface area contributed by atoms with E-state index in [0.717, 1.165) is 25.7 Å². The molecule has 0 aliphatic heterocycles. The van der Waals surface area contributed by atoms with Crippen molar-refractivity contribution >= 4 is 5.78 Å². The normalized spacial score (nSPS) is 11.2. The van der Waals surface area contributed by atoms with Gasteiger partial charge in [-0.25, -0.2) is 0 Å². The highest BCUT2D eigenvalue weighted by molar-refractivity contribution is 5.75. The average Bonchev–Trinajstić information content (AvgIpc) is 2.28. The Hall–Kier alpha value is -1.51. The fourth-order valence-corrected chi connectivity index (χ4v) is 1.30. The minimum atomic E-state index is -0.448. The second kappa shape index (κ2) is 11.0. The van der Waals surface area contributed by atoms with Crippen LogP contribution in [0, 0.1) is 23.7 Å². The van der Waals surface area contributed by atoms with Crippen molar-refractivity contribution in [2.75, 3.05) is 0 Å². The van der Waals surface area contributed by atoms with Crippen molar-refractivity contribution in [1.29, 1.82) is 0 Å². The van der Waals surface area contributed by atoms with Crippen LogP contribution in [0.25, 0.3) is 0 Å². The zero-order valence-corrected chi connectivity index (χ0v) is 10.6. The molecule has 0 spiro atoms. The molecule has 0 aromatic heterocycles. The number of carbonyl (C=O) groups is 1. The van der Waals surface area contributed by atoms with E-state index in [4.69, 9.17) is 0 Å². The van der Waals surface area contributed by atoms with Gasteiger partial charge in [-0.1, -0.05) is 24.7 Å². The molecule has 0 aliphatic carbocycles. The topological polar surface area (TPSA) is 37.3 Å². The highest BCUT2D eigenvalue weighted by Gasteiger charge is 1.99. The molecule has 0 rings (SSSR count). The molecule has 1 atom stereocenters. The third kappa shape index (κ3) is 12.4. The van der Waals surface area contributed by atoms with Gasteiger partial charge < -0.3 is 9.90 Å². The third-order valence-electron chi connectivity index (χ3n) is 2.19. The van der Waals surface area contributed by atoms with Crippen LogP contribution in [0.3, 0.4) is 0 Å². The Morgan fingerprint density at radius 1 is 1.29 bits per heavy atom. The molecule has 0 amide bonds. The van der Waals surface area contributed by atoms with E-state index in [1.54, 1.807) is 26.0 Å². The average molecular weight is 232 g/mol. The van der Waals surface area contributed by atoms with E-state index in [2.05, 4.69) is 23.7 Å². The molecule has 2 nitrogen and oxygen atoms in total. The lowest BCUT2D eigenvalue weighted by atomic mass is 10.1. The Balaban J connectivity index is 3.58. The molecule has 0 saturated heterocycles. The van der Waals surface area contributed by atoms with Gasteiger partial charge >= 0.3 is 0 Å². The maximum absolute atomic E-state index is 10.7. The Morgan fingerprint density at radius 2 is 2.06 bits per heavy atom.